The van der Waals surface area contributed by atoms with E-state index in [2.05, 4.69) is 26.1 Å². The second-order valence-corrected chi connectivity index (χ2v) is 7.21. The highest BCUT2D eigenvalue weighted by molar-refractivity contribution is 7.84. The third-order valence-corrected chi connectivity index (χ3v) is 4.87. The predicted molar refractivity (Wildman–Crippen MR) is 83.6 cm³/mol. The molecule has 0 saturated carbocycles. The van der Waals surface area contributed by atoms with Crippen LogP contribution in [0.1, 0.15) is 72.1 Å². The molecule has 0 spiro atoms. The van der Waals surface area contributed by atoms with Crippen LogP contribution >= 0.6 is 0 Å². The molecular formula is C15H33NOS. The molecule has 0 aliphatic carbocycles. The van der Waals surface area contributed by atoms with Crippen molar-refractivity contribution in [1.82, 2.24) is 5.32 Å². The second-order valence-electron chi connectivity index (χ2n) is 5.41. The van der Waals surface area contributed by atoms with Gasteiger partial charge in [-0.1, -0.05) is 52.4 Å². The van der Waals surface area contributed by atoms with Gasteiger partial charge >= 0.3 is 0 Å². The third-order valence-electron chi connectivity index (χ3n) is 3.57. The summed E-state index contributed by atoms with van der Waals surface area (Å²) in [6.45, 7) is 7.47. The fraction of sp³-hybridized carbons (Fsp3) is 1.00. The van der Waals surface area contributed by atoms with Crippen LogP contribution < -0.4 is 5.32 Å². The van der Waals surface area contributed by atoms with E-state index in [4.69, 9.17) is 0 Å². The molecule has 1 N–H and O–H groups in total. The molecule has 3 heteroatoms. The summed E-state index contributed by atoms with van der Waals surface area (Å²) in [7, 11) is -0.704. The zero-order valence-electron chi connectivity index (χ0n) is 12.8. The van der Waals surface area contributed by atoms with Crippen LogP contribution in [0.25, 0.3) is 0 Å². The van der Waals surface area contributed by atoms with Crippen LogP contribution in [0.5, 0.6) is 0 Å². The summed E-state index contributed by atoms with van der Waals surface area (Å²) < 4.78 is 11.3. The Balaban J connectivity index is 3.90. The van der Waals surface area contributed by atoms with Crippen molar-refractivity contribution in [2.24, 2.45) is 0 Å². The van der Waals surface area contributed by atoms with Crippen LogP contribution in [0.3, 0.4) is 0 Å². The molecule has 0 fully saturated rings. The van der Waals surface area contributed by atoms with Crippen molar-refractivity contribution in [3.05, 3.63) is 0 Å². The lowest BCUT2D eigenvalue weighted by atomic mass is 10.0. The number of rotatable bonds is 12. The maximum Gasteiger partial charge on any atom is 0.0441 e. The van der Waals surface area contributed by atoms with Crippen LogP contribution in [0.4, 0.5) is 0 Å². The second kappa shape index (κ2) is 12.2. The van der Waals surface area contributed by atoms with Gasteiger partial charge in [-0.25, -0.2) is 0 Å². The molecule has 0 rings (SSSR count). The zero-order chi connectivity index (χ0) is 13.8. The van der Waals surface area contributed by atoms with Crippen molar-refractivity contribution in [2.45, 2.75) is 83.4 Å². The fourth-order valence-corrected chi connectivity index (χ4v) is 2.41. The Morgan fingerprint density at radius 1 is 1.00 bits per heavy atom. The average molecular weight is 276 g/mol. The van der Waals surface area contributed by atoms with Gasteiger partial charge in [0.15, 0.2) is 0 Å². The van der Waals surface area contributed by atoms with Crippen LogP contribution in [-0.2, 0) is 10.8 Å². The highest BCUT2D eigenvalue weighted by Crippen LogP contribution is 2.11. The molecule has 2 nitrogen and oxygen atoms in total. The standard InChI is InChI=1S/C15H33NOS/c1-5-7-9-11-15(12-10-8-6-2)16-13-14(3)18(4)17/h14-16H,5-13H2,1-4H3. The molecule has 0 aromatic carbocycles. The monoisotopic (exact) mass is 275 g/mol. The third kappa shape index (κ3) is 10.1. The van der Waals surface area contributed by atoms with Gasteiger partial charge in [0.05, 0.1) is 0 Å². The first-order valence-electron chi connectivity index (χ1n) is 7.67. The Bertz CT molecular complexity index is 199. The van der Waals surface area contributed by atoms with E-state index in [1.807, 2.05) is 0 Å². The van der Waals surface area contributed by atoms with E-state index in [0.717, 1.165) is 6.54 Å². The Kier molecular flexibility index (Phi) is 12.2. The van der Waals surface area contributed by atoms with E-state index in [1.54, 1.807) is 6.26 Å². The molecule has 0 aromatic rings. The number of nitrogens with one attached hydrogen (secondary N) is 1. The maximum absolute atomic E-state index is 11.3. The van der Waals surface area contributed by atoms with E-state index in [1.165, 1.54) is 51.4 Å². The van der Waals surface area contributed by atoms with Gasteiger partial charge in [0.25, 0.3) is 0 Å². The molecule has 0 heterocycles. The first-order valence-corrected chi connectivity index (χ1v) is 9.29. The molecule has 0 radical (unpaired) electrons. The highest BCUT2D eigenvalue weighted by Gasteiger charge is 2.11. The van der Waals surface area contributed by atoms with E-state index >= 15 is 0 Å². The summed E-state index contributed by atoms with van der Waals surface area (Å²) in [6.07, 6.45) is 12.3. The first-order chi connectivity index (χ1) is 8.61. The van der Waals surface area contributed by atoms with E-state index in [0.29, 0.717) is 6.04 Å². The lowest BCUT2D eigenvalue weighted by molar-refractivity contribution is 0.420. The number of hydrogen-bond acceptors (Lipinski definition) is 2. The number of unbranched alkanes of at least 4 members (excludes halogenated alkanes) is 4. The summed E-state index contributed by atoms with van der Waals surface area (Å²) in [5.41, 5.74) is 0. The van der Waals surface area contributed by atoms with Crippen molar-refractivity contribution >= 4 is 10.8 Å². The van der Waals surface area contributed by atoms with E-state index in [9.17, 15) is 4.21 Å². The summed E-state index contributed by atoms with van der Waals surface area (Å²) in [5.74, 6) is 0. The van der Waals surface area contributed by atoms with Gasteiger partial charge in [0.2, 0.25) is 0 Å². The Labute approximate surface area is 117 Å². The van der Waals surface area contributed by atoms with E-state index in [-0.39, 0.29) is 5.25 Å². The summed E-state index contributed by atoms with van der Waals surface area (Å²) in [5, 5.41) is 3.89. The Hall–Kier alpha value is 0.110. The van der Waals surface area contributed by atoms with Crippen molar-refractivity contribution < 1.29 is 4.21 Å². The van der Waals surface area contributed by atoms with Gasteiger partial charge in [-0.05, 0) is 19.8 Å². The SMILES string of the molecule is CCCCCC(CCCCC)NCC(C)S(C)=O. The topological polar surface area (TPSA) is 29.1 Å². The van der Waals surface area contributed by atoms with Crippen molar-refractivity contribution in [2.75, 3.05) is 12.8 Å². The minimum Gasteiger partial charge on any atom is -0.313 e. The minimum absolute atomic E-state index is 0.268. The molecule has 0 bridgehead atoms. The van der Waals surface area contributed by atoms with Gasteiger partial charge < -0.3 is 5.32 Å². The largest absolute Gasteiger partial charge is 0.313 e. The van der Waals surface area contributed by atoms with Gasteiger partial charge in [-0.3, -0.25) is 4.21 Å². The Morgan fingerprint density at radius 2 is 1.50 bits per heavy atom. The van der Waals surface area contributed by atoms with Gasteiger partial charge in [0, 0.05) is 34.9 Å². The van der Waals surface area contributed by atoms with Crippen LogP contribution in [0, 0.1) is 0 Å². The average Bonchev–Trinajstić information content (AvgIpc) is 2.35. The maximum atomic E-state index is 11.3. The lowest BCUT2D eigenvalue weighted by Crippen LogP contribution is -2.36. The molecule has 0 aromatic heterocycles. The van der Waals surface area contributed by atoms with Crippen molar-refractivity contribution in [3.63, 3.8) is 0 Å². The molecule has 0 amide bonds. The molecule has 0 saturated heterocycles. The molecule has 2 atom stereocenters. The predicted octanol–water partition coefficient (Wildman–Crippen LogP) is 3.87. The fourth-order valence-electron chi connectivity index (χ4n) is 2.08. The lowest BCUT2D eigenvalue weighted by Gasteiger charge is -2.20. The molecule has 110 valence electrons. The number of hydrogen-bond donors (Lipinski definition) is 1. The van der Waals surface area contributed by atoms with Gasteiger partial charge in [-0.2, -0.15) is 0 Å². The normalized spacial score (nSPS) is 14.9. The van der Waals surface area contributed by atoms with E-state index < -0.39 is 10.8 Å². The summed E-state index contributed by atoms with van der Waals surface area (Å²) in [4.78, 5) is 0. The molecule has 0 aliphatic heterocycles. The smallest absolute Gasteiger partial charge is 0.0441 e. The Morgan fingerprint density at radius 3 is 1.89 bits per heavy atom. The van der Waals surface area contributed by atoms with Crippen LogP contribution in [0.2, 0.25) is 0 Å². The molecule has 2 unspecified atom stereocenters. The zero-order valence-corrected chi connectivity index (χ0v) is 13.7. The van der Waals surface area contributed by atoms with Crippen molar-refractivity contribution in [1.29, 1.82) is 0 Å². The molecule has 0 aliphatic rings. The highest BCUT2D eigenvalue weighted by atomic mass is 32.2. The van der Waals surface area contributed by atoms with Gasteiger partial charge in [0.1, 0.15) is 0 Å². The molecule has 18 heavy (non-hydrogen) atoms. The minimum atomic E-state index is -0.704. The molecular weight excluding hydrogens is 242 g/mol. The first kappa shape index (κ1) is 18.1. The van der Waals surface area contributed by atoms with Crippen molar-refractivity contribution in [3.8, 4) is 0 Å². The summed E-state index contributed by atoms with van der Waals surface area (Å²) >= 11 is 0. The van der Waals surface area contributed by atoms with Crippen LogP contribution in [0.15, 0.2) is 0 Å². The van der Waals surface area contributed by atoms with Gasteiger partial charge in [-0.15, -0.1) is 0 Å². The van der Waals surface area contributed by atoms with Crippen LogP contribution in [-0.4, -0.2) is 28.3 Å². The summed E-state index contributed by atoms with van der Waals surface area (Å²) in [6, 6.07) is 0.633. The quantitative estimate of drug-likeness (QED) is 0.548.